The van der Waals surface area contributed by atoms with Gasteiger partial charge in [0.2, 0.25) is 0 Å². The highest BCUT2D eigenvalue weighted by Gasteiger charge is 2.11. The molecule has 1 rings (SSSR count). The van der Waals surface area contributed by atoms with Gasteiger partial charge in [-0.2, -0.15) is 0 Å². The number of nitrogens with one attached hydrogen (secondary N) is 1. The molecule has 1 aliphatic heterocycles. The fourth-order valence-corrected chi connectivity index (χ4v) is 0.643. The monoisotopic (exact) mass is 114 g/mol. The Balaban J connectivity index is 2.81. The van der Waals surface area contributed by atoms with E-state index in [0.29, 0.717) is 0 Å². The van der Waals surface area contributed by atoms with E-state index >= 15 is 0 Å². The molecule has 1 amide bonds. The highest BCUT2D eigenvalue weighted by atomic mass is 32.2. The number of thioether (sulfide) groups is 1. The molecule has 4 heteroatoms. The van der Waals surface area contributed by atoms with Crippen molar-refractivity contribution in [2.24, 2.45) is 4.99 Å². The van der Waals surface area contributed by atoms with Crippen LogP contribution in [0.4, 0.5) is 0 Å². The number of rotatable bonds is 0. The molecule has 0 bridgehead atoms. The molecule has 0 radical (unpaired) electrons. The first-order valence-electron chi connectivity index (χ1n) is 1.63. The Labute approximate surface area is 44.3 Å². The van der Waals surface area contributed by atoms with Gasteiger partial charge in [0.05, 0.1) is 5.55 Å². The molecule has 0 saturated heterocycles. The minimum atomic E-state index is -0.426. The predicted octanol–water partition coefficient (Wildman–Crippen LogP) is 0.265. The smallest absolute Gasteiger partial charge is 0.289 e. The Morgan fingerprint density at radius 3 is 2.71 bits per heavy atom. The summed E-state index contributed by atoms with van der Waals surface area (Å²) in [7, 11) is 0. The van der Waals surface area contributed by atoms with E-state index in [1.165, 1.54) is 5.55 Å². The molecule has 0 unspecified atom stereocenters. The maximum Gasteiger partial charge on any atom is 0.302 e. The normalized spacial score (nSPS) is 18.9. The van der Waals surface area contributed by atoms with E-state index in [2.05, 4.69) is 4.99 Å². The van der Waals surface area contributed by atoms with Crippen molar-refractivity contribution in [3.05, 3.63) is 0 Å². The van der Waals surface area contributed by atoms with Gasteiger partial charge in [-0.25, -0.2) is 4.99 Å². The summed E-state index contributed by atoms with van der Waals surface area (Å²) in [5.74, 6) is -0.426. The Bertz CT molecular complexity index is 151. The van der Waals surface area contributed by atoms with Crippen molar-refractivity contribution in [3.63, 3.8) is 0 Å². The fourth-order valence-electron chi connectivity index (χ4n) is 0.236. The van der Waals surface area contributed by atoms with Crippen LogP contribution in [0.1, 0.15) is 0 Å². The molecule has 0 aromatic heterocycles. The van der Waals surface area contributed by atoms with E-state index in [4.69, 9.17) is 5.41 Å². The Hall–Kier alpha value is -0.640. The van der Waals surface area contributed by atoms with Crippen LogP contribution < -0.4 is 0 Å². The Morgan fingerprint density at radius 1 is 1.86 bits per heavy atom. The molecule has 0 fully saturated rings. The van der Waals surface area contributed by atoms with Crippen molar-refractivity contribution in [3.8, 4) is 0 Å². The zero-order chi connectivity index (χ0) is 5.28. The zero-order valence-corrected chi connectivity index (χ0v) is 4.16. The van der Waals surface area contributed by atoms with Crippen molar-refractivity contribution in [2.75, 3.05) is 0 Å². The lowest BCUT2D eigenvalue weighted by Gasteiger charge is -1.75. The lowest BCUT2D eigenvalue weighted by molar-refractivity contribution is -0.111. The molecule has 0 aliphatic carbocycles. The van der Waals surface area contributed by atoms with Gasteiger partial charge in [-0.3, -0.25) is 10.2 Å². The predicted molar refractivity (Wildman–Crippen MR) is 28.8 cm³/mol. The van der Waals surface area contributed by atoms with Crippen molar-refractivity contribution in [1.29, 1.82) is 5.41 Å². The largest absolute Gasteiger partial charge is 0.302 e. The van der Waals surface area contributed by atoms with Gasteiger partial charge in [0.15, 0.2) is 5.04 Å². The van der Waals surface area contributed by atoms with Gasteiger partial charge in [0.1, 0.15) is 0 Å². The number of hydrogen-bond acceptors (Lipinski definition) is 3. The summed E-state index contributed by atoms with van der Waals surface area (Å²) >= 11 is 1.05. The van der Waals surface area contributed by atoms with Gasteiger partial charge >= 0.3 is 5.91 Å². The summed E-state index contributed by atoms with van der Waals surface area (Å²) in [6.45, 7) is 0. The summed E-state index contributed by atoms with van der Waals surface area (Å²) in [4.78, 5) is 13.4. The highest BCUT2D eigenvalue weighted by molar-refractivity contribution is 8.27. The molecule has 1 N–H and O–H groups in total. The first-order chi connectivity index (χ1) is 3.30. The third-order valence-corrected chi connectivity index (χ3v) is 1.16. The van der Waals surface area contributed by atoms with Crippen molar-refractivity contribution in [1.82, 2.24) is 0 Å². The number of carbonyl (C=O) groups is 1. The van der Waals surface area contributed by atoms with Crippen molar-refractivity contribution < 1.29 is 4.79 Å². The first-order valence-corrected chi connectivity index (χ1v) is 2.51. The Morgan fingerprint density at radius 2 is 2.57 bits per heavy atom. The van der Waals surface area contributed by atoms with E-state index in [0.717, 1.165) is 11.8 Å². The zero-order valence-electron chi connectivity index (χ0n) is 3.34. The minimum absolute atomic E-state index is 0.0139. The van der Waals surface area contributed by atoms with Crippen LogP contribution >= 0.6 is 11.8 Å². The van der Waals surface area contributed by atoms with E-state index in [1.54, 1.807) is 0 Å². The quantitative estimate of drug-likeness (QED) is 0.491. The van der Waals surface area contributed by atoms with Crippen LogP contribution in [0.15, 0.2) is 4.99 Å². The lowest BCUT2D eigenvalue weighted by Crippen LogP contribution is -1.96. The number of hydrogen-bond donors (Lipinski definition) is 1. The molecule has 1 aliphatic rings. The molecule has 7 heavy (non-hydrogen) atoms. The fraction of sp³-hybridized carbons (Fsp3) is 0. The molecule has 0 saturated carbocycles. The topological polar surface area (TPSA) is 53.3 Å². The van der Waals surface area contributed by atoms with Crippen LogP contribution in [0.5, 0.6) is 0 Å². The second-order valence-electron chi connectivity index (χ2n) is 0.987. The van der Waals surface area contributed by atoms with Crippen LogP contribution in [0.3, 0.4) is 0 Å². The molecule has 0 atom stereocenters. The third-order valence-electron chi connectivity index (χ3n) is 0.535. The summed E-state index contributed by atoms with van der Waals surface area (Å²) in [6, 6.07) is 0. The number of amides is 1. The summed E-state index contributed by atoms with van der Waals surface area (Å²) in [5.41, 5.74) is 1.37. The first kappa shape index (κ1) is 4.52. The van der Waals surface area contributed by atoms with E-state index in [9.17, 15) is 4.79 Å². The summed E-state index contributed by atoms with van der Waals surface area (Å²) in [6.07, 6.45) is 0. The second-order valence-corrected chi connectivity index (χ2v) is 1.84. The van der Waals surface area contributed by atoms with E-state index in [-0.39, 0.29) is 5.04 Å². The lowest BCUT2D eigenvalue weighted by atomic mass is 10.7. The number of nitrogens with zero attached hydrogens (tertiary/aromatic N) is 1. The van der Waals surface area contributed by atoms with E-state index < -0.39 is 5.91 Å². The van der Waals surface area contributed by atoms with Crippen LogP contribution in [0.25, 0.3) is 0 Å². The van der Waals surface area contributed by atoms with E-state index in [1.807, 2.05) is 0 Å². The standard InChI is InChI=1S/C3H2N2OS/c4-2-3(6)5-1-7-2/h1,4H. The van der Waals surface area contributed by atoms with Gasteiger partial charge in [-0.05, 0) is 0 Å². The molecule has 0 spiro atoms. The van der Waals surface area contributed by atoms with Crippen molar-refractivity contribution in [2.45, 2.75) is 0 Å². The minimum Gasteiger partial charge on any atom is -0.289 e. The maximum absolute atomic E-state index is 10.1. The SMILES string of the molecule is N=C1SC=NC1=O. The van der Waals surface area contributed by atoms with Gasteiger partial charge in [-0.15, -0.1) is 0 Å². The van der Waals surface area contributed by atoms with Crippen LogP contribution in [-0.4, -0.2) is 16.5 Å². The number of aliphatic imine (C=N–C) groups is 1. The maximum atomic E-state index is 10.1. The molecular weight excluding hydrogens is 112 g/mol. The average molecular weight is 114 g/mol. The van der Waals surface area contributed by atoms with Crippen LogP contribution in [-0.2, 0) is 4.79 Å². The van der Waals surface area contributed by atoms with Gasteiger partial charge in [-0.1, -0.05) is 11.8 Å². The molecule has 0 aromatic carbocycles. The summed E-state index contributed by atoms with van der Waals surface area (Å²) in [5, 5.41) is 6.76. The number of carbonyl (C=O) groups excluding carboxylic acids is 1. The van der Waals surface area contributed by atoms with Crippen LogP contribution in [0, 0.1) is 5.41 Å². The highest BCUT2D eigenvalue weighted by Crippen LogP contribution is 2.05. The molecule has 1 heterocycles. The molecule has 3 nitrogen and oxygen atoms in total. The third kappa shape index (κ3) is 0.691. The van der Waals surface area contributed by atoms with Gasteiger partial charge < -0.3 is 0 Å². The van der Waals surface area contributed by atoms with Crippen molar-refractivity contribution >= 4 is 28.3 Å². The molecular formula is C3H2N2OS. The average Bonchev–Trinajstić information content (AvgIpc) is 1.91. The molecule has 36 valence electrons. The van der Waals surface area contributed by atoms with Gasteiger partial charge in [0, 0.05) is 0 Å². The second kappa shape index (κ2) is 1.46. The summed E-state index contributed by atoms with van der Waals surface area (Å²) < 4.78 is 0. The Kier molecular flexibility index (Phi) is 0.941. The molecule has 0 aromatic rings. The van der Waals surface area contributed by atoms with Gasteiger partial charge in [0.25, 0.3) is 0 Å². The van der Waals surface area contributed by atoms with Crippen LogP contribution in [0.2, 0.25) is 0 Å².